The van der Waals surface area contributed by atoms with Gasteiger partial charge in [-0.05, 0) is 61.8 Å². The molecule has 0 saturated heterocycles. The standard InChI is InChI=1S/C20H25N/c1-3-19(17-13-11-15(2)12-14-17)21-20-10-6-8-16-7-4-5-9-18(16)20/h6,8,10-14,19,21H,3-5,7,9H2,1-2H3. The third-order valence-corrected chi connectivity index (χ3v) is 4.61. The van der Waals surface area contributed by atoms with E-state index in [1.54, 1.807) is 11.1 Å². The quantitative estimate of drug-likeness (QED) is 0.786. The Labute approximate surface area is 128 Å². The fourth-order valence-electron chi connectivity index (χ4n) is 3.32. The minimum atomic E-state index is 0.402. The maximum atomic E-state index is 3.79. The highest BCUT2D eigenvalue weighted by atomic mass is 14.9. The van der Waals surface area contributed by atoms with E-state index >= 15 is 0 Å². The Morgan fingerprint density at radius 3 is 2.52 bits per heavy atom. The number of fused-ring (bicyclic) bond motifs is 1. The van der Waals surface area contributed by atoms with Gasteiger partial charge in [-0.3, -0.25) is 0 Å². The molecule has 1 aliphatic rings. The fourth-order valence-corrected chi connectivity index (χ4v) is 3.32. The van der Waals surface area contributed by atoms with Crippen LogP contribution < -0.4 is 5.32 Å². The topological polar surface area (TPSA) is 12.0 Å². The molecular formula is C20H25N. The summed E-state index contributed by atoms with van der Waals surface area (Å²) >= 11 is 0. The summed E-state index contributed by atoms with van der Waals surface area (Å²) < 4.78 is 0. The summed E-state index contributed by atoms with van der Waals surface area (Å²) in [5, 5.41) is 3.79. The first kappa shape index (κ1) is 14.2. The van der Waals surface area contributed by atoms with E-state index in [1.807, 2.05) is 0 Å². The summed E-state index contributed by atoms with van der Waals surface area (Å²) in [6.07, 6.45) is 6.24. The van der Waals surface area contributed by atoms with E-state index in [0.29, 0.717) is 6.04 Å². The van der Waals surface area contributed by atoms with Crippen LogP contribution in [-0.4, -0.2) is 0 Å². The van der Waals surface area contributed by atoms with Gasteiger partial charge in [0.05, 0.1) is 6.04 Å². The van der Waals surface area contributed by atoms with Crippen LogP contribution in [0.15, 0.2) is 42.5 Å². The Morgan fingerprint density at radius 1 is 1.00 bits per heavy atom. The molecule has 0 aliphatic heterocycles. The molecule has 1 heteroatoms. The van der Waals surface area contributed by atoms with Gasteiger partial charge in [0.1, 0.15) is 0 Å². The van der Waals surface area contributed by atoms with Gasteiger partial charge < -0.3 is 5.32 Å². The normalized spacial score (nSPS) is 15.3. The van der Waals surface area contributed by atoms with Crippen LogP contribution in [0.3, 0.4) is 0 Å². The van der Waals surface area contributed by atoms with Crippen LogP contribution in [0.1, 0.15) is 54.5 Å². The molecule has 1 unspecified atom stereocenters. The van der Waals surface area contributed by atoms with Crippen LogP contribution in [0.2, 0.25) is 0 Å². The molecule has 0 fully saturated rings. The van der Waals surface area contributed by atoms with Crippen molar-refractivity contribution in [3.8, 4) is 0 Å². The van der Waals surface area contributed by atoms with E-state index in [4.69, 9.17) is 0 Å². The van der Waals surface area contributed by atoms with E-state index in [-0.39, 0.29) is 0 Å². The zero-order chi connectivity index (χ0) is 14.7. The fraction of sp³-hybridized carbons (Fsp3) is 0.400. The first-order valence-electron chi connectivity index (χ1n) is 8.22. The molecule has 0 amide bonds. The maximum absolute atomic E-state index is 3.79. The first-order chi connectivity index (χ1) is 10.3. The average molecular weight is 279 g/mol. The lowest BCUT2D eigenvalue weighted by Crippen LogP contribution is -2.13. The molecule has 0 heterocycles. The molecule has 0 bridgehead atoms. The zero-order valence-corrected chi connectivity index (χ0v) is 13.2. The Morgan fingerprint density at radius 2 is 1.76 bits per heavy atom. The zero-order valence-electron chi connectivity index (χ0n) is 13.2. The van der Waals surface area contributed by atoms with Crippen LogP contribution in [0.5, 0.6) is 0 Å². The summed E-state index contributed by atoms with van der Waals surface area (Å²) in [5.74, 6) is 0. The predicted octanol–water partition coefficient (Wildman–Crippen LogP) is 5.44. The number of nitrogens with one attached hydrogen (secondary N) is 1. The Balaban J connectivity index is 1.86. The second kappa shape index (κ2) is 6.34. The number of rotatable bonds is 4. The summed E-state index contributed by atoms with van der Waals surface area (Å²) in [5.41, 5.74) is 7.15. The Kier molecular flexibility index (Phi) is 4.28. The minimum absolute atomic E-state index is 0.402. The molecule has 0 aromatic heterocycles. The lowest BCUT2D eigenvalue weighted by atomic mass is 9.90. The van der Waals surface area contributed by atoms with E-state index in [1.165, 1.54) is 42.5 Å². The van der Waals surface area contributed by atoms with E-state index in [9.17, 15) is 0 Å². The third kappa shape index (κ3) is 3.12. The first-order valence-corrected chi connectivity index (χ1v) is 8.22. The van der Waals surface area contributed by atoms with Gasteiger partial charge in [0, 0.05) is 5.69 Å². The summed E-state index contributed by atoms with van der Waals surface area (Å²) in [4.78, 5) is 0. The molecule has 2 aromatic rings. The van der Waals surface area contributed by atoms with Crippen molar-refractivity contribution < 1.29 is 0 Å². The average Bonchev–Trinajstić information content (AvgIpc) is 2.54. The number of hydrogen-bond acceptors (Lipinski definition) is 1. The van der Waals surface area contributed by atoms with Crippen LogP contribution in [-0.2, 0) is 12.8 Å². The smallest absolute Gasteiger partial charge is 0.0511 e. The third-order valence-electron chi connectivity index (χ3n) is 4.61. The largest absolute Gasteiger partial charge is 0.378 e. The number of benzene rings is 2. The van der Waals surface area contributed by atoms with Gasteiger partial charge in [-0.2, -0.15) is 0 Å². The van der Waals surface area contributed by atoms with Crippen LogP contribution >= 0.6 is 0 Å². The number of aryl methyl sites for hydroxylation is 2. The highest BCUT2D eigenvalue weighted by Gasteiger charge is 2.15. The van der Waals surface area contributed by atoms with Crippen molar-refractivity contribution in [2.75, 3.05) is 5.32 Å². The minimum Gasteiger partial charge on any atom is -0.378 e. The summed E-state index contributed by atoms with van der Waals surface area (Å²) in [7, 11) is 0. The van der Waals surface area contributed by atoms with E-state index < -0.39 is 0 Å². The molecule has 1 nitrogen and oxygen atoms in total. The van der Waals surface area contributed by atoms with Crippen LogP contribution in [0, 0.1) is 6.92 Å². The summed E-state index contributed by atoms with van der Waals surface area (Å²) in [6, 6.07) is 16.1. The van der Waals surface area contributed by atoms with Crippen molar-refractivity contribution in [2.24, 2.45) is 0 Å². The van der Waals surface area contributed by atoms with Gasteiger partial charge in [-0.15, -0.1) is 0 Å². The molecule has 21 heavy (non-hydrogen) atoms. The van der Waals surface area contributed by atoms with Crippen molar-refractivity contribution in [1.82, 2.24) is 0 Å². The van der Waals surface area contributed by atoms with Crippen molar-refractivity contribution in [2.45, 2.75) is 52.0 Å². The van der Waals surface area contributed by atoms with Crippen molar-refractivity contribution in [1.29, 1.82) is 0 Å². The second-order valence-electron chi connectivity index (χ2n) is 6.17. The molecule has 0 radical (unpaired) electrons. The predicted molar refractivity (Wildman–Crippen MR) is 90.9 cm³/mol. The molecule has 110 valence electrons. The second-order valence-corrected chi connectivity index (χ2v) is 6.17. The lowest BCUT2D eigenvalue weighted by Gasteiger charge is -2.24. The van der Waals surface area contributed by atoms with Crippen LogP contribution in [0.4, 0.5) is 5.69 Å². The van der Waals surface area contributed by atoms with Crippen molar-refractivity contribution in [3.63, 3.8) is 0 Å². The highest BCUT2D eigenvalue weighted by molar-refractivity contribution is 5.57. The maximum Gasteiger partial charge on any atom is 0.0511 e. The summed E-state index contributed by atoms with van der Waals surface area (Å²) in [6.45, 7) is 4.40. The molecule has 1 atom stereocenters. The number of hydrogen-bond donors (Lipinski definition) is 1. The van der Waals surface area contributed by atoms with Crippen molar-refractivity contribution in [3.05, 3.63) is 64.7 Å². The Hall–Kier alpha value is -1.76. The Bertz CT molecular complexity index is 598. The molecule has 2 aromatic carbocycles. The molecular weight excluding hydrogens is 254 g/mol. The van der Waals surface area contributed by atoms with Crippen LogP contribution in [0.25, 0.3) is 0 Å². The van der Waals surface area contributed by atoms with Gasteiger partial charge in [-0.1, -0.05) is 48.9 Å². The van der Waals surface area contributed by atoms with Gasteiger partial charge >= 0.3 is 0 Å². The molecule has 0 spiro atoms. The molecule has 0 saturated carbocycles. The molecule has 1 aliphatic carbocycles. The lowest BCUT2D eigenvalue weighted by molar-refractivity contribution is 0.681. The van der Waals surface area contributed by atoms with E-state index in [0.717, 1.165) is 6.42 Å². The monoisotopic (exact) mass is 279 g/mol. The van der Waals surface area contributed by atoms with Gasteiger partial charge in [0.25, 0.3) is 0 Å². The number of anilines is 1. The van der Waals surface area contributed by atoms with Gasteiger partial charge in [0.15, 0.2) is 0 Å². The molecule has 1 N–H and O–H groups in total. The molecule has 3 rings (SSSR count). The SMILES string of the molecule is CCC(Nc1cccc2c1CCCC2)c1ccc(C)cc1. The van der Waals surface area contributed by atoms with Gasteiger partial charge in [0.2, 0.25) is 0 Å². The van der Waals surface area contributed by atoms with Gasteiger partial charge in [-0.25, -0.2) is 0 Å². The van der Waals surface area contributed by atoms with E-state index in [2.05, 4.69) is 61.6 Å². The highest BCUT2D eigenvalue weighted by Crippen LogP contribution is 2.31. The van der Waals surface area contributed by atoms with Crippen molar-refractivity contribution >= 4 is 5.69 Å².